The van der Waals surface area contributed by atoms with Crippen LogP contribution in [0.25, 0.3) is 16.2 Å². The van der Waals surface area contributed by atoms with Crippen molar-refractivity contribution in [2.45, 2.75) is 0 Å². The zero-order valence-corrected chi connectivity index (χ0v) is 16.4. The van der Waals surface area contributed by atoms with Gasteiger partial charge in [0.25, 0.3) is 5.91 Å². The fourth-order valence-electron chi connectivity index (χ4n) is 3.35. The molecule has 0 spiro atoms. The number of thiazole rings is 1. The number of carbonyl (C=O) groups excluding carboxylic acids is 1. The third-order valence-corrected chi connectivity index (χ3v) is 5.65. The molecule has 0 atom stereocenters. The summed E-state index contributed by atoms with van der Waals surface area (Å²) in [7, 11) is 0. The molecule has 146 valence electrons. The van der Waals surface area contributed by atoms with Crippen LogP contribution in [0.2, 0.25) is 0 Å². The van der Waals surface area contributed by atoms with Crippen molar-refractivity contribution in [2.75, 3.05) is 36.5 Å². The Balaban J connectivity index is 1.30. The normalized spacial score (nSPS) is 14.3. The Bertz CT molecular complexity index is 1120. The lowest BCUT2D eigenvalue weighted by atomic mass is 10.1. The van der Waals surface area contributed by atoms with Gasteiger partial charge in [-0.15, -0.1) is 11.3 Å². The Morgan fingerprint density at radius 2 is 1.97 bits per heavy atom. The van der Waals surface area contributed by atoms with Crippen LogP contribution >= 0.6 is 11.3 Å². The average molecular weight is 405 g/mol. The van der Waals surface area contributed by atoms with Crippen LogP contribution in [-0.4, -0.2) is 46.6 Å². The van der Waals surface area contributed by atoms with Gasteiger partial charge in [0.2, 0.25) is 0 Å². The molecular weight excluding hydrogens is 386 g/mol. The fraction of sp³-hybridized carbons (Fsp3) is 0.190. The maximum atomic E-state index is 12.7. The third-order valence-electron chi connectivity index (χ3n) is 4.88. The topological polar surface area (TPSA) is 71.8 Å². The molecule has 1 saturated heterocycles. The maximum Gasteiger partial charge on any atom is 0.274 e. The Hall–Kier alpha value is -3.23. The second kappa shape index (κ2) is 7.65. The molecule has 0 radical (unpaired) electrons. The average Bonchev–Trinajstić information content (AvgIpc) is 3.37. The van der Waals surface area contributed by atoms with Crippen LogP contribution in [0, 0.1) is 0 Å². The number of nitrogens with one attached hydrogen (secondary N) is 1. The van der Waals surface area contributed by atoms with Gasteiger partial charge in [-0.3, -0.25) is 14.2 Å². The van der Waals surface area contributed by atoms with Crippen molar-refractivity contribution in [2.24, 2.45) is 0 Å². The van der Waals surface area contributed by atoms with Gasteiger partial charge in [-0.25, -0.2) is 4.98 Å². The quantitative estimate of drug-likeness (QED) is 0.562. The zero-order valence-electron chi connectivity index (χ0n) is 15.6. The van der Waals surface area contributed by atoms with Crippen molar-refractivity contribution in [3.05, 3.63) is 66.1 Å². The summed E-state index contributed by atoms with van der Waals surface area (Å²) in [4.78, 5) is 24.7. The van der Waals surface area contributed by atoms with Crippen molar-refractivity contribution >= 4 is 33.6 Å². The highest BCUT2D eigenvalue weighted by Crippen LogP contribution is 2.23. The second-order valence-corrected chi connectivity index (χ2v) is 7.62. The van der Waals surface area contributed by atoms with Crippen LogP contribution in [-0.2, 0) is 4.74 Å². The number of carbonyl (C=O) groups is 1. The number of anilines is 2. The Morgan fingerprint density at radius 3 is 2.76 bits per heavy atom. The van der Waals surface area contributed by atoms with E-state index in [-0.39, 0.29) is 5.91 Å². The lowest BCUT2D eigenvalue weighted by Crippen LogP contribution is -2.36. The minimum Gasteiger partial charge on any atom is -0.378 e. The van der Waals surface area contributed by atoms with Gasteiger partial charge in [0.15, 0.2) is 4.96 Å². The van der Waals surface area contributed by atoms with Crippen molar-refractivity contribution in [3.63, 3.8) is 0 Å². The fourth-order valence-corrected chi connectivity index (χ4v) is 4.05. The predicted molar refractivity (Wildman–Crippen MR) is 114 cm³/mol. The van der Waals surface area contributed by atoms with Crippen LogP contribution in [0.1, 0.15) is 10.5 Å². The molecule has 29 heavy (non-hydrogen) atoms. The van der Waals surface area contributed by atoms with Gasteiger partial charge < -0.3 is 15.0 Å². The summed E-state index contributed by atoms with van der Waals surface area (Å²) in [5, 5.41) is 4.93. The molecule has 1 aliphatic rings. The zero-order chi connectivity index (χ0) is 19.6. The van der Waals surface area contributed by atoms with Gasteiger partial charge in [-0.2, -0.15) is 0 Å². The summed E-state index contributed by atoms with van der Waals surface area (Å²) in [5.74, 6) is -0.227. The van der Waals surface area contributed by atoms with Crippen LogP contribution in [0.4, 0.5) is 11.4 Å². The van der Waals surface area contributed by atoms with Crippen molar-refractivity contribution in [1.82, 2.24) is 14.4 Å². The maximum absolute atomic E-state index is 12.7. The number of imidazole rings is 1. The van der Waals surface area contributed by atoms with E-state index >= 15 is 0 Å². The van der Waals surface area contributed by atoms with E-state index in [9.17, 15) is 4.79 Å². The number of pyridine rings is 1. The van der Waals surface area contributed by atoms with E-state index < -0.39 is 0 Å². The van der Waals surface area contributed by atoms with Gasteiger partial charge in [0.1, 0.15) is 5.69 Å². The summed E-state index contributed by atoms with van der Waals surface area (Å²) in [6.45, 7) is 3.03. The lowest BCUT2D eigenvalue weighted by Gasteiger charge is -2.28. The summed E-state index contributed by atoms with van der Waals surface area (Å²) in [6, 6.07) is 11.4. The van der Waals surface area contributed by atoms with E-state index in [2.05, 4.69) is 20.2 Å². The van der Waals surface area contributed by atoms with Gasteiger partial charge in [0.05, 0.1) is 18.9 Å². The van der Waals surface area contributed by atoms with E-state index in [1.165, 1.54) is 0 Å². The highest BCUT2D eigenvalue weighted by molar-refractivity contribution is 7.15. The van der Waals surface area contributed by atoms with Gasteiger partial charge in [-0.1, -0.05) is 12.1 Å². The van der Waals surface area contributed by atoms with E-state index in [0.717, 1.165) is 40.7 Å². The molecule has 7 nitrogen and oxygen atoms in total. The summed E-state index contributed by atoms with van der Waals surface area (Å²) in [5.41, 5.74) is 4.02. The first-order chi connectivity index (χ1) is 14.3. The number of hydrogen-bond acceptors (Lipinski definition) is 6. The van der Waals surface area contributed by atoms with Crippen LogP contribution in [0.15, 0.2) is 60.4 Å². The van der Waals surface area contributed by atoms with Crippen molar-refractivity contribution in [1.29, 1.82) is 0 Å². The smallest absolute Gasteiger partial charge is 0.274 e. The largest absolute Gasteiger partial charge is 0.378 e. The first-order valence-electron chi connectivity index (χ1n) is 9.39. The summed E-state index contributed by atoms with van der Waals surface area (Å²) in [6.07, 6.45) is 5.66. The number of rotatable bonds is 4. The SMILES string of the molecule is O=C(Nc1ccc(-c2cn3ccsc3n2)cc1)c1cc(N2CCOCC2)ccn1. The highest BCUT2D eigenvalue weighted by Gasteiger charge is 2.15. The Kier molecular flexibility index (Phi) is 4.71. The van der Waals surface area contributed by atoms with Crippen molar-refractivity contribution < 1.29 is 9.53 Å². The summed E-state index contributed by atoms with van der Waals surface area (Å²) >= 11 is 1.60. The molecule has 1 amide bonds. The highest BCUT2D eigenvalue weighted by atomic mass is 32.1. The van der Waals surface area contributed by atoms with Crippen molar-refractivity contribution in [3.8, 4) is 11.3 Å². The van der Waals surface area contributed by atoms with E-state index in [1.807, 2.05) is 58.6 Å². The predicted octanol–water partition coefficient (Wildman–Crippen LogP) is 3.55. The number of hydrogen-bond donors (Lipinski definition) is 1. The Morgan fingerprint density at radius 1 is 1.14 bits per heavy atom. The monoisotopic (exact) mass is 405 g/mol. The molecule has 4 aromatic rings. The van der Waals surface area contributed by atoms with Gasteiger partial charge in [0, 0.05) is 54.0 Å². The number of aromatic nitrogens is 3. The molecule has 1 aliphatic heterocycles. The molecule has 0 aliphatic carbocycles. The van der Waals surface area contributed by atoms with E-state index in [1.54, 1.807) is 17.5 Å². The molecule has 0 unspecified atom stereocenters. The number of nitrogens with zero attached hydrogens (tertiary/aromatic N) is 4. The molecule has 8 heteroatoms. The second-order valence-electron chi connectivity index (χ2n) is 6.75. The van der Waals surface area contributed by atoms with Gasteiger partial charge >= 0.3 is 0 Å². The number of amides is 1. The number of fused-ring (bicyclic) bond motifs is 1. The van der Waals surface area contributed by atoms with Gasteiger partial charge in [-0.05, 0) is 24.3 Å². The summed E-state index contributed by atoms with van der Waals surface area (Å²) < 4.78 is 7.39. The van der Waals surface area contributed by atoms with Crippen LogP contribution < -0.4 is 10.2 Å². The molecule has 1 N–H and O–H groups in total. The molecule has 0 bridgehead atoms. The number of morpholine rings is 1. The van der Waals surface area contributed by atoms with E-state index in [0.29, 0.717) is 18.9 Å². The molecule has 5 rings (SSSR count). The standard InChI is InChI=1S/C21H19N5O2S/c27-20(18-13-17(5-6-22-18)25-7-10-28-11-8-25)23-16-3-1-15(2-4-16)19-14-26-9-12-29-21(26)24-19/h1-6,9,12-14H,7-8,10-11H2,(H,23,27). The minimum atomic E-state index is -0.227. The third kappa shape index (κ3) is 3.72. The first kappa shape index (κ1) is 17.8. The van der Waals surface area contributed by atoms with Crippen LogP contribution in [0.5, 0.6) is 0 Å². The lowest BCUT2D eigenvalue weighted by molar-refractivity contribution is 0.102. The first-order valence-corrected chi connectivity index (χ1v) is 10.3. The number of ether oxygens (including phenoxy) is 1. The number of benzene rings is 1. The Labute approximate surface area is 171 Å². The molecule has 1 fully saturated rings. The molecule has 0 saturated carbocycles. The minimum absolute atomic E-state index is 0.227. The van der Waals surface area contributed by atoms with E-state index in [4.69, 9.17) is 4.74 Å². The van der Waals surface area contributed by atoms with Crippen LogP contribution in [0.3, 0.4) is 0 Å². The molecule has 4 heterocycles. The molecular formula is C21H19N5O2S. The molecule has 3 aromatic heterocycles. The molecule has 1 aromatic carbocycles.